The summed E-state index contributed by atoms with van der Waals surface area (Å²) in [4.78, 5) is 17.0. The van der Waals surface area contributed by atoms with Crippen molar-refractivity contribution in [1.82, 2.24) is 9.47 Å². The van der Waals surface area contributed by atoms with Crippen LogP contribution in [0.1, 0.15) is 6.42 Å². The SMILES string of the molecule is COc1ccc(N2CCN(C(=O)CCn3ccc4cc(OC)ccc43)CC2)cc1. The van der Waals surface area contributed by atoms with Gasteiger partial charge in [0.1, 0.15) is 11.5 Å². The van der Waals surface area contributed by atoms with Crippen molar-refractivity contribution in [3.8, 4) is 11.5 Å². The smallest absolute Gasteiger partial charge is 0.224 e. The van der Waals surface area contributed by atoms with Gasteiger partial charge in [0.25, 0.3) is 0 Å². The largest absolute Gasteiger partial charge is 0.497 e. The number of methoxy groups -OCH3 is 2. The molecule has 3 aromatic rings. The number of aromatic nitrogens is 1. The van der Waals surface area contributed by atoms with E-state index in [1.165, 1.54) is 5.69 Å². The molecule has 1 aliphatic rings. The van der Waals surface area contributed by atoms with Crippen molar-refractivity contribution >= 4 is 22.5 Å². The molecular weight excluding hydrogens is 366 g/mol. The van der Waals surface area contributed by atoms with Gasteiger partial charge in [-0.3, -0.25) is 4.79 Å². The fraction of sp³-hybridized carbons (Fsp3) is 0.348. The Kier molecular flexibility index (Phi) is 5.60. The van der Waals surface area contributed by atoms with E-state index in [1.54, 1.807) is 14.2 Å². The average Bonchev–Trinajstić information content (AvgIpc) is 3.19. The zero-order chi connectivity index (χ0) is 20.2. The lowest BCUT2D eigenvalue weighted by Crippen LogP contribution is -2.48. The monoisotopic (exact) mass is 393 g/mol. The van der Waals surface area contributed by atoms with Gasteiger partial charge in [0.05, 0.1) is 14.2 Å². The lowest BCUT2D eigenvalue weighted by molar-refractivity contribution is -0.131. The number of benzene rings is 2. The predicted molar refractivity (Wildman–Crippen MR) is 115 cm³/mol. The zero-order valence-electron chi connectivity index (χ0n) is 17.0. The number of hydrogen-bond acceptors (Lipinski definition) is 4. The summed E-state index contributed by atoms with van der Waals surface area (Å²) in [7, 11) is 3.35. The molecule has 0 saturated carbocycles. The van der Waals surface area contributed by atoms with Gasteiger partial charge in [-0.05, 0) is 48.5 Å². The van der Waals surface area contributed by atoms with Crippen LogP contribution in [0.2, 0.25) is 0 Å². The number of aryl methyl sites for hydroxylation is 1. The topological polar surface area (TPSA) is 46.9 Å². The highest BCUT2D eigenvalue weighted by Crippen LogP contribution is 2.23. The molecule has 1 aromatic heterocycles. The molecule has 0 N–H and O–H groups in total. The molecule has 1 amide bonds. The molecular formula is C23H27N3O3. The van der Waals surface area contributed by atoms with Crippen LogP contribution in [0.25, 0.3) is 10.9 Å². The van der Waals surface area contributed by atoms with Crippen LogP contribution in [0.15, 0.2) is 54.7 Å². The number of carbonyl (C=O) groups is 1. The summed E-state index contributed by atoms with van der Waals surface area (Å²) in [5.41, 5.74) is 2.30. The molecule has 6 heteroatoms. The number of carbonyl (C=O) groups excluding carboxylic acids is 1. The maximum atomic E-state index is 12.7. The van der Waals surface area contributed by atoms with E-state index >= 15 is 0 Å². The molecule has 1 aliphatic heterocycles. The number of fused-ring (bicyclic) bond motifs is 1. The maximum absolute atomic E-state index is 12.7. The molecule has 0 atom stereocenters. The molecule has 0 aliphatic carbocycles. The van der Waals surface area contributed by atoms with Crippen LogP contribution < -0.4 is 14.4 Å². The Morgan fingerprint density at radius 3 is 2.28 bits per heavy atom. The summed E-state index contributed by atoms with van der Waals surface area (Å²) in [6.45, 7) is 3.91. The predicted octanol–water partition coefficient (Wildman–Crippen LogP) is 3.40. The number of amides is 1. The quantitative estimate of drug-likeness (QED) is 0.644. The van der Waals surface area contributed by atoms with Gasteiger partial charge < -0.3 is 23.8 Å². The van der Waals surface area contributed by atoms with Crippen LogP contribution in [0, 0.1) is 0 Å². The van der Waals surface area contributed by atoms with E-state index in [9.17, 15) is 4.79 Å². The van der Waals surface area contributed by atoms with E-state index in [0.717, 1.165) is 48.6 Å². The molecule has 29 heavy (non-hydrogen) atoms. The molecule has 4 rings (SSSR count). The van der Waals surface area contributed by atoms with Crippen molar-refractivity contribution in [2.24, 2.45) is 0 Å². The second-order valence-electron chi connectivity index (χ2n) is 7.25. The van der Waals surface area contributed by atoms with Crippen molar-refractivity contribution in [2.45, 2.75) is 13.0 Å². The van der Waals surface area contributed by atoms with E-state index < -0.39 is 0 Å². The molecule has 6 nitrogen and oxygen atoms in total. The molecule has 0 radical (unpaired) electrons. The van der Waals surface area contributed by atoms with E-state index in [2.05, 4.69) is 27.7 Å². The summed E-state index contributed by atoms with van der Waals surface area (Å²) >= 11 is 0. The summed E-state index contributed by atoms with van der Waals surface area (Å²) < 4.78 is 12.6. The fourth-order valence-electron chi connectivity index (χ4n) is 3.88. The van der Waals surface area contributed by atoms with Crippen LogP contribution >= 0.6 is 0 Å². The lowest BCUT2D eigenvalue weighted by atomic mass is 10.2. The van der Waals surface area contributed by atoms with Gasteiger partial charge in [0.2, 0.25) is 5.91 Å². The summed E-state index contributed by atoms with van der Waals surface area (Å²) in [5, 5.41) is 1.13. The molecule has 1 saturated heterocycles. The Balaban J connectivity index is 1.31. The minimum absolute atomic E-state index is 0.217. The van der Waals surface area contributed by atoms with Crippen LogP contribution in [0.4, 0.5) is 5.69 Å². The van der Waals surface area contributed by atoms with Crippen molar-refractivity contribution in [2.75, 3.05) is 45.3 Å². The number of anilines is 1. The number of ether oxygens (including phenoxy) is 2. The maximum Gasteiger partial charge on any atom is 0.224 e. The van der Waals surface area contributed by atoms with Crippen LogP contribution in [0.3, 0.4) is 0 Å². The lowest BCUT2D eigenvalue weighted by Gasteiger charge is -2.36. The van der Waals surface area contributed by atoms with Crippen LogP contribution in [0.5, 0.6) is 11.5 Å². The molecule has 0 bridgehead atoms. The van der Waals surface area contributed by atoms with E-state index in [4.69, 9.17) is 9.47 Å². The van der Waals surface area contributed by atoms with Crippen molar-refractivity contribution in [3.63, 3.8) is 0 Å². The minimum atomic E-state index is 0.217. The standard InChI is InChI=1S/C23H27N3O3/c1-28-20-5-3-19(4-6-20)24-13-15-26(16-14-24)23(27)10-12-25-11-9-18-17-21(29-2)7-8-22(18)25/h3-9,11,17H,10,12-16H2,1-2H3. The van der Waals surface area contributed by atoms with Gasteiger partial charge in [0, 0.05) is 61.9 Å². The number of piperazine rings is 1. The highest BCUT2D eigenvalue weighted by molar-refractivity contribution is 5.82. The van der Waals surface area contributed by atoms with Gasteiger partial charge in [-0.25, -0.2) is 0 Å². The summed E-state index contributed by atoms with van der Waals surface area (Å²) in [6, 6.07) is 16.2. The first-order valence-electron chi connectivity index (χ1n) is 9.97. The van der Waals surface area contributed by atoms with Gasteiger partial charge in [-0.15, -0.1) is 0 Å². The molecule has 0 spiro atoms. The molecule has 1 fully saturated rings. The Bertz CT molecular complexity index is 973. The third-order valence-electron chi connectivity index (χ3n) is 5.61. The number of nitrogens with zero attached hydrogens (tertiary/aromatic N) is 3. The fourth-order valence-corrected chi connectivity index (χ4v) is 3.88. The zero-order valence-corrected chi connectivity index (χ0v) is 17.0. The third kappa shape index (κ3) is 4.16. The van der Waals surface area contributed by atoms with Gasteiger partial charge >= 0.3 is 0 Å². The number of hydrogen-bond donors (Lipinski definition) is 0. The minimum Gasteiger partial charge on any atom is -0.497 e. The Hall–Kier alpha value is -3.15. The number of rotatable bonds is 6. The normalized spacial score (nSPS) is 14.3. The molecule has 2 heterocycles. The second-order valence-corrected chi connectivity index (χ2v) is 7.25. The Labute approximate surface area is 171 Å². The van der Waals surface area contributed by atoms with Crippen molar-refractivity contribution in [3.05, 3.63) is 54.7 Å². The van der Waals surface area contributed by atoms with Gasteiger partial charge in [0.15, 0.2) is 0 Å². The molecule has 2 aromatic carbocycles. The van der Waals surface area contributed by atoms with Crippen LogP contribution in [-0.2, 0) is 11.3 Å². The first-order valence-corrected chi connectivity index (χ1v) is 9.97. The molecule has 0 unspecified atom stereocenters. The van der Waals surface area contributed by atoms with Crippen molar-refractivity contribution in [1.29, 1.82) is 0 Å². The van der Waals surface area contributed by atoms with E-state index in [-0.39, 0.29) is 5.91 Å². The first kappa shape index (κ1) is 19.2. The average molecular weight is 393 g/mol. The Morgan fingerprint density at radius 2 is 1.59 bits per heavy atom. The van der Waals surface area contributed by atoms with Gasteiger partial charge in [-0.1, -0.05) is 0 Å². The highest BCUT2D eigenvalue weighted by Gasteiger charge is 2.21. The summed E-state index contributed by atoms with van der Waals surface area (Å²) in [6.07, 6.45) is 2.55. The van der Waals surface area contributed by atoms with E-state index in [1.807, 2.05) is 41.4 Å². The molecule has 152 valence electrons. The van der Waals surface area contributed by atoms with Crippen LogP contribution in [-0.4, -0.2) is 55.8 Å². The second kappa shape index (κ2) is 8.47. The summed E-state index contributed by atoms with van der Waals surface area (Å²) in [5.74, 6) is 1.93. The van der Waals surface area contributed by atoms with Crippen molar-refractivity contribution < 1.29 is 14.3 Å². The Morgan fingerprint density at radius 1 is 0.897 bits per heavy atom. The van der Waals surface area contributed by atoms with E-state index in [0.29, 0.717) is 13.0 Å². The first-order chi connectivity index (χ1) is 14.2. The van der Waals surface area contributed by atoms with Gasteiger partial charge in [-0.2, -0.15) is 0 Å². The third-order valence-corrected chi connectivity index (χ3v) is 5.61. The highest BCUT2D eigenvalue weighted by atomic mass is 16.5.